The van der Waals surface area contributed by atoms with Crippen LogP contribution in [0.2, 0.25) is 5.02 Å². The zero-order valence-corrected chi connectivity index (χ0v) is 13.4. The van der Waals surface area contributed by atoms with Crippen LogP contribution in [-0.2, 0) is 11.3 Å². The van der Waals surface area contributed by atoms with E-state index in [2.05, 4.69) is 4.90 Å². The van der Waals surface area contributed by atoms with E-state index in [-0.39, 0.29) is 5.92 Å². The highest BCUT2D eigenvalue weighted by molar-refractivity contribution is 6.30. The molecule has 0 radical (unpaired) electrons. The SMILES string of the molecule is O=C(O)C1CCN(Cc2cc(Cl)ccc2OCC2CC2)CC1. The molecule has 0 unspecified atom stereocenters. The Balaban J connectivity index is 1.61. The first-order valence-electron chi connectivity index (χ1n) is 7.98. The molecule has 1 aromatic rings. The molecule has 5 heteroatoms. The Morgan fingerprint density at radius 3 is 2.64 bits per heavy atom. The summed E-state index contributed by atoms with van der Waals surface area (Å²) in [6.45, 7) is 3.18. The first-order valence-corrected chi connectivity index (χ1v) is 8.36. The largest absolute Gasteiger partial charge is 0.493 e. The van der Waals surface area contributed by atoms with Crippen LogP contribution in [0.1, 0.15) is 31.2 Å². The van der Waals surface area contributed by atoms with Gasteiger partial charge in [0.25, 0.3) is 0 Å². The van der Waals surface area contributed by atoms with Crippen LogP contribution in [0.3, 0.4) is 0 Å². The van der Waals surface area contributed by atoms with E-state index < -0.39 is 5.97 Å². The van der Waals surface area contributed by atoms with Gasteiger partial charge in [0, 0.05) is 17.1 Å². The Morgan fingerprint density at radius 1 is 1.27 bits per heavy atom. The molecular formula is C17H22ClNO3. The number of hydrogen-bond acceptors (Lipinski definition) is 3. The predicted molar refractivity (Wildman–Crippen MR) is 85.3 cm³/mol. The van der Waals surface area contributed by atoms with Gasteiger partial charge in [-0.15, -0.1) is 0 Å². The number of carboxylic acid groups (broad SMARTS) is 1. The van der Waals surface area contributed by atoms with Crippen LogP contribution in [0, 0.1) is 11.8 Å². The van der Waals surface area contributed by atoms with E-state index in [0.29, 0.717) is 17.9 Å². The number of piperidine rings is 1. The van der Waals surface area contributed by atoms with Crippen LogP contribution in [-0.4, -0.2) is 35.7 Å². The van der Waals surface area contributed by atoms with Gasteiger partial charge in [0.1, 0.15) is 5.75 Å². The van der Waals surface area contributed by atoms with Crippen molar-refractivity contribution in [1.29, 1.82) is 0 Å². The molecule has 3 rings (SSSR count). The second kappa shape index (κ2) is 6.88. The highest BCUT2D eigenvalue weighted by atomic mass is 35.5. The Bertz CT molecular complexity index is 537. The number of benzene rings is 1. The first-order chi connectivity index (χ1) is 10.6. The molecule has 1 heterocycles. The molecule has 0 spiro atoms. The molecule has 4 nitrogen and oxygen atoms in total. The lowest BCUT2D eigenvalue weighted by Gasteiger charge is -2.30. The third-order valence-corrected chi connectivity index (χ3v) is 4.76. The van der Waals surface area contributed by atoms with E-state index in [0.717, 1.165) is 43.5 Å². The van der Waals surface area contributed by atoms with Crippen molar-refractivity contribution in [3.63, 3.8) is 0 Å². The normalized spacial score (nSPS) is 20.0. The lowest BCUT2D eigenvalue weighted by molar-refractivity contribution is -0.143. The number of ether oxygens (including phenoxy) is 1. The minimum Gasteiger partial charge on any atom is -0.493 e. The summed E-state index contributed by atoms with van der Waals surface area (Å²) < 4.78 is 5.94. The smallest absolute Gasteiger partial charge is 0.306 e. The van der Waals surface area contributed by atoms with Crippen molar-refractivity contribution < 1.29 is 14.6 Å². The van der Waals surface area contributed by atoms with E-state index in [1.165, 1.54) is 12.8 Å². The Kier molecular flexibility index (Phi) is 4.89. The second-order valence-electron chi connectivity index (χ2n) is 6.40. The minimum absolute atomic E-state index is 0.193. The van der Waals surface area contributed by atoms with E-state index in [1.807, 2.05) is 18.2 Å². The standard InChI is InChI=1S/C17H22ClNO3/c18-15-3-4-16(22-11-12-1-2-12)14(9-15)10-19-7-5-13(6-8-19)17(20)21/h3-4,9,12-13H,1-2,5-8,10-11H2,(H,20,21). The van der Waals surface area contributed by atoms with Crippen LogP contribution in [0.4, 0.5) is 0 Å². The molecule has 1 saturated carbocycles. The molecule has 1 aromatic carbocycles. The number of nitrogens with zero attached hydrogens (tertiary/aromatic N) is 1. The van der Waals surface area contributed by atoms with Crippen molar-refractivity contribution in [2.24, 2.45) is 11.8 Å². The van der Waals surface area contributed by atoms with Crippen molar-refractivity contribution >= 4 is 17.6 Å². The summed E-state index contributed by atoms with van der Waals surface area (Å²) in [6, 6.07) is 5.78. The topological polar surface area (TPSA) is 49.8 Å². The van der Waals surface area contributed by atoms with Crippen LogP contribution in [0.5, 0.6) is 5.75 Å². The van der Waals surface area contributed by atoms with Crippen molar-refractivity contribution in [1.82, 2.24) is 4.90 Å². The molecule has 0 aromatic heterocycles. The van der Waals surface area contributed by atoms with E-state index >= 15 is 0 Å². The van der Waals surface area contributed by atoms with Crippen molar-refractivity contribution in [3.8, 4) is 5.75 Å². The molecule has 0 atom stereocenters. The second-order valence-corrected chi connectivity index (χ2v) is 6.83. The number of carboxylic acids is 1. The monoisotopic (exact) mass is 323 g/mol. The molecule has 2 fully saturated rings. The third kappa shape index (κ3) is 4.14. The van der Waals surface area contributed by atoms with Gasteiger partial charge in [0.15, 0.2) is 0 Å². The zero-order chi connectivity index (χ0) is 15.5. The number of likely N-dealkylation sites (tertiary alicyclic amines) is 1. The summed E-state index contributed by atoms with van der Waals surface area (Å²) in [5.74, 6) is 0.767. The number of aliphatic carboxylic acids is 1. The van der Waals surface area contributed by atoms with Crippen LogP contribution in [0.15, 0.2) is 18.2 Å². The van der Waals surface area contributed by atoms with Crippen LogP contribution >= 0.6 is 11.6 Å². The molecule has 1 aliphatic heterocycles. The fourth-order valence-corrected chi connectivity index (χ4v) is 3.08. The average molecular weight is 324 g/mol. The van der Waals surface area contributed by atoms with Gasteiger partial charge in [-0.25, -0.2) is 0 Å². The molecule has 0 amide bonds. The third-order valence-electron chi connectivity index (χ3n) is 4.52. The van der Waals surface area contributed by atoms with Crippen molar-refractivity contribution in [2.45, 2.75) is 32.2 Å². The van der Waals surface area contributed by atoms with Gasteiger partial charge in [0.2, 0.25) is 0 Å². The molecule has 1 N–H and O–H groups in total. The summed E-state index contributed by atoms with van der Waals surface area (Å²) >= 11 is 6.12. The van der Waals surface area contributed by atoms with E-state index in [1.54, 1.807) is 0 Å². The molecule has 1 aliphatic carbocycles. The number of hydrogen-bond donors (Lipinski definition) is 1. The number of carbonyl (C=O) groups is 1. The first kappa shape index (κ1) is 15.6. The average Bonchev–Trinajstić information content (AvgIpc) is 3.31. The summed E-state index contributed by atoms with van der Waals surface area (Å²) in [7, 11) is 0. The minimum atomic E-state index is -0.670. The molecule has 120 valence electrons. The van der Waals surface area contributed by atoms with Gasteiger partial charge in [-0.05, 0) is 62.9 Å². The quantitative estimate of drug-likeness (QED) is 0.871. The lowest BCUT2D eigenvalue weighted by Crippen LogP contribution is -2.35. The maximum atomic E-state index is 11.0. The molecule has 0 bridgehead atoms. The lowest BCUT2D eigenvalue weighted by atomic mass is 9.97. The predicted octanol–water partition coefficient (Wildman–Crippen LogP) is 3.43. The molecule has 2 aliphatic rings. The number of rotatable bonds is 6. The van der Waals surface area contributed by atoms with Crippen molar-refractivity contribution in [2.75, 3.05) is 19.7 Å². The fourth-order valence-electron chi connectivity index (χ4n) is 2.88. The van der Waals surface area contributed by atoms with Gasteiger partial charge in [-0.1, -0.05) is 11.6 Å². The summed E-state index contributed by atoms with van der Waals surface area (Å²) in [5.41, 5.74) is 1.10. The summed E-state index contributed by atoms with van der Waals surface area (Å²) in [6.07, 6.45) is 3.97. The van der Waals surface area contributed by atoms with Crippen LogP contribution in [0.25, 0.3) is 0 Å². The zero-order valence-electron chi connectivity index (χ0n) is 12.6. The Labute approximate surface area is 136 Å². The molecular weight excluding hydrogens is 302 g/mol. The Hall–Kier alpha value is -1.26. The van der Waals surface area contributed by atoms with Gasteiger partial charge in [-0.3, -0.25) is 9.69 Å². The summed E-state index contributed by atoms with van der Waals surface area (Å²) in [5, 5.41) is 9.78. The Morgan fingerprint density at radius 2 is 2.00 bits per heavy atom. The highest BCUT2D eigenvalue weighted by Crippen LogP contribution is 2.32. The van der Waals surface area contributed by atoms with E-state index in [9.17, 15) is 4.79 Å². The fraction of sp³-hybridized carbons (Fsp3) is 0.588. The maximum absolute atomic E-state index is 11.0. The van der Waals surface area contributed by atoms with E-state index in [4.69, 9.17) is 21.4 Å². The molecule has 1 saturated heterocycles. The highest BCUT2D eigenvalue weighted by Gasteiger charge is 2.25. The van der Waals surface area contributed by atoms with Crippen LogP contribution < -0.4 is 4.74 Å². The van der Waals surface area contributed by atoms with Gasteiger partial charge >= 0.3 is 5.97 Å². The summed E-state index contributed by atoms with van der Waals surface area (Å²) in [4.78, 5) is 13.3. The molecule has 22 heavy (non-hydrogen) atoms. The number of halogens is 1. The van der Waals surface area contributed by atoms with Crippen molar-refractivity contribution in [3.05, 3.63) is 28.8 Å². The van der Waals surface area contributed by atoms with Gasteiger partial charge < -0.3 is 9.84 Å². The maximum Gasteiger partial charge on any atom is 0.306 e. The van der Waals surface area contributed by atoms with Gasteiger partial charge in [-0.2, -0.15) is 0 Å². The van der Waals surface area contributed by atoms with Gasteiger partial charge in [0.05, 0.1) is 12.5 Å².